The second-order valence-corrected chi connectivity index (χ2v) is 8.02. The first kappa shape index (κ1) is 21.9. The van der Waals surface area contributed by atoms with Crippen molar-refractivity contribution in [3.8, 4) is 0 Å². The number of rotatable bonds is 5. The number of aromatic nitrogens is 3. The fourth-order valence-electron chi connectivity index (χ4n) is 3.59. The number of fused-ring (bicyclic) bond motifs is 1. The minimum absolute atomic E-state index is 0.0664. The number of hydrogen-bond acceptors (Lipinski definition) is 5. The molecule has 168 valence electrons. The van der Waals surface area contributed by atoms with Crippen molar-refractivity contribution in [2.75, 3.05) is 16.4 Å². The van der Waals surface area contributed by atoms with Gasteiger partial charge in [0.05, 0.1) is 11.3 Å². The second-order valence-electron chi connectivity index (χ2n) is 8.02. The fraction of sp³-hybridized carbons (Fsp3) is 0.167. The molecule has 0 bridgehead atoms. The van der Waals surface area contributed by atoms with Gasteiger partial charge in [0.2, 0.25) is 0 Å². The van der Waals surface area contributed by atoms with Gasteiger partial charge in [-0.25, -0.2) is 18.7 Å². The van der Waals surface area contributed by atoms with Crippen molar-refractivity contribution in [1.29, 1.82) is 0 Å². The zero-order valence-electron chi connectivity index (χ0n) is 18.4. The zero-order valence-corrected chi connectivity index (χ0v) is 18.4. The van der Waals surface area contributed by atoms with E-state index in [9.17, 15) is 14.0 Å². The highest BCUT2D eigenvalue weighted by molar-refractivity contribution is 6.15. The number of amides is 2. The summed E-state index contributed by atoms with van der Waals surface area (Å²) >= 11 is 0. The number of nitrogens with one attached hydrogen (secondary N) is 2. The highest BCUT2D eigenvalue weighted by atomic mass is 19.1. The van der Waals surface area contributed by atoms with Crippen molar-refractivity contribution in [1.82, 2.24) is 14.6 Å². The van der Waals surface area contributed by atoms with Gasteiger partial charge >= 0.3 is 6.03 Å². The number of hydrogen-bond donors (Lipinski definition) is 3. The third kappa shape index (κ3) is 4.38. The van der Waals surface area contributed by atoms with Crippen LogP contribution in [-0.2, 0) is 0 Å². The van der Waals surface area contributed by atoms with Crippen LogP contribution in [0.3, 0.4) is 0 Å². The van der Waals surface area contributed by atoms with Crippen molar-refractivity contribution >= 4 is 34.5 Å². The summed E-state index contributed by atoms with van der Waals surface area (Å²) in [4.78, 5) is 29.8. The van der Waals surface area contributed by atoms with Crippen molar-refractivity contribution in [3.05, 3.63) is 83.1 Å². The molecule has 2 aromatic carbocycles. The lowest BCUT2D eigenvalue weighted by atomic mass is 10.0. The predicted octanol–water partition coefficient (Wildman–Crippen LogP) is 4.76. The molecule has 0 saturated heterocycles. The molecule has 8 nitrogen and oxygen atoms in total. The van der Waals surface area contributed by atoms with Gasteiger partial charge in [0, 0.05) is 16.9 Å². The monoisotopic (exact) mass is 446 g/mol. The minimum atomic E-state index is -0.627. The first-order chi connectivity index (χ1) is 15.7. The van der Waals surface area contributed by atoms with E-state index in [1.807, 2.05) is 13.8 Å². The average molecular weight is 446 g/mol. The largest absolute Gasteiger partial charge is 0.382 e. The van der Waals surface area contributed by atoms with Gasteiger partial charge in [-0.2, -0.15) is 5.10 Å². The Morgan fingerprint density at radius 3 is 2.64 bits per heavy atom. The molecule has 2 aromatic heterocycles. The molecule has 4 aromatic rings. The molecule has 0 spiro atoms. The van der Waals surface area contributed by atoms with Crippen LogP contribution in [0.15, 0.2) is 54.9 Å². The summed E-state index contributed by atoms with van der Waals surface area (Å²) in [6.45, 7) is 5.79. The highest BCUT2D eigenvalue weighted by Gasteiger charge is 2.22. The summed E-state index contributed by atoms with van der Waals surface area (Å²) in [5.41, 5.74) is 9.31. The highest BCUT2D eigenvalue weighted by Crippen LogP contribution is 2.27. The molecule has 0 aliphatic carbocycles. The van der Waals surface area contributed by atoms with Crippen LogP contribution in [0.5, 0.6) is 0 Å². The number of aryl methyl sites for hydroxylation is 1. The number of nitrogens with zero attached hydrogens (tertiary/aromatic N) is 3. The van der Waals surface area contributed by atoms with Crippen LogP contribution >= 0.6 is 0 Å². The summed E-state index contributed by atoms with van der Waals surface area (Å²) in [6, 6.07) is 12.0. The zero-order chi connectivity index (χ0) is 23.7. The Bertz CT molecular complexity index is 1380. The Kier molecular flexibility index (Phi) is 5.78. The summed E-state index contributed by atoms with van der Waals surface area (Å²) < 4.78 is 15.6. The van der Waals surface area contributed by atoms with Crippen LogP contribution in [0.4, 0.5) is 26.4 Å². The smallest absolute Gasteiger partial charge is 0.323 e. The molecule has 4 rings (SSSR count). The molecule has 33 heavy (non-hydrogen) atoms. The lowest BCUT2D eigenvalue weighted by molar-refractivity contribution is 0.104. The fourth-order valence-corrected chi connectivity index (χ4v) is 3.59. The van der Waals surface area contributed by atoms with Crippen molar-refractivity contribution in [3.63, 3.8) is 0 Å². The lowest BCUT2D eigenvalue weighted by Crippen LogP contribution is -2.20. The van der Waals surface area contributed by atoms with Crippen molar-refractivity contribution in [2.45, 2.75) is 26.7 Å². The van der Waals surface area contributed by atoms with Crippen molar-refractivity contribution < 1.29 is 14.0 Å². The van der Waals surface area contributed by atoms with E-state index in [0.29, 0.717) is 22.3 Å². The van der Waals surface area contributed by atoms with E-state index in [4.69, 9.17) is 5.73 Å². The average Bonchev–Trinajstić information content (AvgIpc) is 3.17. The standard InChI is InChI=1S/C24H23FN6O2/c1-13(2)20-11-17(21-23(26)27-12-28-31(20)21)22(32)15-5-4-6-16(10-15)29-24(33)30-19-9-14(3)7-8-18(19)25/h4-13H,1-3H3,(H2,26,27,28)(H2,29,30,33). The minimum Gasteiger partial charge on any atom is -0.382 e. The number of carbonyl (C=O) groups excluding carboxylic acids is 2. The Morgan fingerprint density at radius 2 is 1.88 bits per heavy atom. The Labute approximate surface area is 189 Å². The quantitative estimate of drug-likeness (QED) is 0.383. The second kappa shape index (κ2) is 8.70. The van der Waals surface area contributed by atoms with Crippen molar-refractivity contribution in [2.24, 2.45) is 0 Å². The molecule has 2 amide bonds. The molecule has 4 N–H and O–H groups in total. The number of halogens is 1. The molecular weight excluding hydrogens is 423 g/mol. The number of anilines is 3. The van der Waals surface area contributed by atoms with E-state index in [1.165, 1.54) is 18.5 Å². The van der Waals surface area contributed by atoms with Crippen LogP contribution in [0, 0.1) is 12.7 Å². The molecule has 0 fully saturated rings. The normalized spacial score (nSPS) is 11.1. The number of urea groups is 1. The molecular formula is C24H23FN6O2. The maximum absolute atomic E-state index is 13.9. The van der Waals surface area contributed by atoms with Gasteiger partial charge in [-0.05, 0) is 48.7 Å². The Hall–Kier alpha value is -4.27. The SMILES string of the molecule is Cc1ccc(F)c(NC(=O)Nc2cccc(C(=O)c3cc(C(C)C)n4ncnc(N)c34)c2)c1. The maximum Gasteiger partial charge on any atom is 0.323 e. The summed E-state index contributed by atoms with van der Waals surface area (Å²) in [7, 11) is 0. The number of benzene rings is 2. The van der Waals surface area contributed by atoms with Gasteiger partial charge in [-0.15, -0.1) is 0 Å². The van der Waals surface area contributed by atoms with Gasteiger partial charge < -0.3 is 16.4 Å². The van der Waals surface area contributed by atoms with E-state index in [1.54, 1.807) is 47.8 Å². The van der Waals surface area contributed by atoms with Crippen LogP contribution in [0.2, 0.25) is 0 Å². The molecule has 0 saturated carbocycles. The Balaban J connectivity index is 1.61. The molecule has 0 radical (unpaired) electrons. The topological polar surface area (TPSA) is 114 Å². The van der Waals surface area contributed by atoms with Crippen LogP contribution in [0.1, 0.15) is 46.9 Å². The molecule has 9 heteroatoms. The van der Waals surface area contributed by atoms with E-state index in [0.717, 1.165) is 11.3 Å². The Morgan fingerprint density at radius 1 is 1.09 bits per heavy atom. The van der Waals surface area contributed by atoms with Gasteiger partial charge in [0.1, 0.15) is 17.7 Å². The molecule has 0 unspecified atom stereocenters. The van der Waals surface area contributed by atoms with Crippen LogP contribution in [0.25, 0.3) is 5.52 Å². The van der Waals surface area contributed by atoms with Gasteiger partial charge in [-0.1, -0.05) is 32.0 Å². The summed E-state index contributed by atoms with van der Waals surface area (Å²) in [5, 5.41) is 9.36. The van der Waals surface area contributed by atoms with Crippen LogP contribution < -0.4 is 16.4 Å². The lowest BCUT2D eigenvalue weighted by Gasteiger charge is -2.10. The van der Waals surface area contributed by atoms with E-state index in [2.05, 4.69) is 20.7 Å². The molecule has 0 atom stereocenters. The van der Waals surface area contributed by atoms with E-state index in [-0.39, 0.29) is 23.2 Å². The third-order valence-corrected chi connectivity index (χ3v) is 5.20. The molecule has 2 heterocycles. The molecule has 0 aliphatic heterocycles. The number of nitrogen functional groups attached to an aromatic ring is 1. The first-order valence-electron chi connectivity index (χ1n) is 10.4. The number of ketones is 1. The van der Waals surface area contributed by atoms with Gasteiger partial charge in [0.15, 0.2) is 11.6 Å². The summed E-state index contributed by atoms with van der Waals surface area (Å²) in [5.74, 6) is -0.517. The maximum atomic E-state index is 13.9. The van der Waals surface area contributed by atoms with E-state index < -0.39 is 11.8 Å². The van der Waals surface area contributed by atoms with Crippen LogP contribution in [-0.4, -0.2) is 26.4 Å². The van der Waals surface area contributed by atoms with E-state index >= 15 is 0 Å². The number of carbonyl (C=O) groups is 2. The first-order valence-corrected chi connectivity index (χ1v) is 10.4. The third-order valence-electron chi connectivity index (χ3n) is 5.20. The molecule has 0 aliphatic rings. The predicted molar refractivity (Wildman–Crippen MR) is 125 cm³/mol. The number of nitrogens with two attached hydrogens (primary N) is 1. The van der Waals surface area contributed by atoms with Gasteiger partial charge in [-0.3, -0.25) is 4.79 Å². The van der Waals surface area contributed by atoms with Gasteiger partial charge in [0.25, 0.3) is 0 Å². The summed E-state index contributed by atoms with van der Waals surface area (Å²) in [6.07, 6.45) is 1.35.